The Balaban J connectivity index is 1.82. The molecule has 1 saturated heterocycles. The fourth-order valence-electron chi connectivity index (χ4n) is 3.76. The summed E-state index contributed by atoms with van der Waals surface area (Å²) in [5.74, 6) is -5.24. The highest BCUT2D eigenvalue weighted by molar-refractivity contribution is 8.26. The van der Waals surface area contributed by atoms with Crippen molar-refractivity contribution in [3.63, 3.8) is 0 Å². The molecule has 0 spiro atoms. The molecule has 0 aromatic heterocycles. The smallest absolute Gasteiger partial charge is 0.326 e. The van der Waals surface area contributed by atoms with Gasteiger partial charge in [-0.05, 0) is 47.9 Å². The fourth-order valence-corrected chi connectivity index (χ4v) is 4.80. The molecule has 1 aliphatic heterocycles. The molecule has 1 fully saturated rings. The second kappa shape index (κ2) is 14.2. The van der Waals surface area contributed by atoms with Crippen LogP contribution in [0, 0.1) is 0 Å². The van der Waals surface area contributed by atoms with Crippen LogP contribution >= 0.6 is 24.0 Å². The first-order chi connectivity index (χ1) is 19.4. The van der Waals surface area contributed by atoms with Crippen LogP contribution in [-0.4, -0.2) is 61.3 Å². The van der Waals surface area contributed by atoms with Gasteiger partial charge < -0.3 is 30.9 Å². The first-order valence-electron chi connectivity index (χ1n) is 12.1. The summed E-state index contributed by atoms with van der Waals surface area (Å²) in [7, 11) is 0. The maximum absolute atomic E-state index is 13.0. The van der Waals surface area contributed by atoms with Crippen LogP contribution in [0.4, 0.5) is 5.69 Å². The van der Waals surface area contributed by atoms with Crippen molar-refractivity contribution in [3.05, 3.63) is 70.1 Å². The molecule has 1 atom stereocenters. The van der Waals surface area contributed by atoms with Gasteiger partial charge >= 0.3 is 17.9 Å². The number of nitrogens with one attached hydrogen (secondary N) is 2. The largest absolute Gasteiger partial charge is 0.481 e. The summed E-state index contributed by atoms with van der Waals surface area (Å²) in [6, 6.07) is 11.3. The molecule has 0 bridgehead atoms. The van der Waals surface area contributed by atoms with Gasteiger partial charge in [-0.15, -0.1) is 0 Å². The van der Waals surface area contributed by atoms with Gasteiger partial charge in [-0.3, -0.25) is 24.0 Å². The number of amides is 3. The lowest BCUT2D eigenvalue weighted by atomic mass is 10.1. The van der Waals surface area contributed by atoms with Gasteiger partial charge in [-0.25, -0.2) is 4.79 Å². The summed E-state index contributed by atoms with van der Waals surface area (Å²) in [4.78, 5) is 72.9. The van der Waals surface area contributed by atoms with Crippen molar-refractivity contribution in [1.82, 2.24) is 10.6 Å². The minimum Gasteiger partial charge on any atom is -0.481 e. The molecule has 3 amide bonds. The highest BCUT2D eigenvalue weighted by atomic mass is 32.2. The number of benzene rings is 2. The van der Waals surface area contributed by atoms with E-state index in [-0.39, 0.29) is 37.3 Å². The number of anilines is 1. The minimum absolute atomic E-state index is 0.0338. The molecule has 14 heteroatoms. The number of carboxylic acid groups (broad SMARTS) is 3. The molecule has 2 aromatic carbocycles. The van der Waals surface area contributed by atoms with Gasteiger partial charge in [0.25, 0.3) is 11.8 Å². The van der Waals surface area contributed by atoms with E-state index < -0.39 is 42.2 Å². The molecular weight excluding hydrogens is 574 g/mol. The number of thioether (sulfide) groups is 1. The van der Waals surface area contributed by atoms with Crippen LogP contribution in [0.25, 0.3) is 6.08 Å². The predicted octanol–water partition coefficient (Wildman–Crippen LogP) is 2.62. The summed E-state index contributed by atoms with van der Waals surface area (Å²) in [6.45, 7) is -0.0338. The van der Waals surface area contributed by atoms with Crippen LogP contribution < -0.4 is 15.5 Å². The normalized spacial score (nSPS) is 14.3. The Morgan fingerprint density at radius 1 is 0.976 bits per heavy atom. The SMILES string of the molecule is O=C(O)CCC(=O)N(Cc1cccc(C(=O)N[C@H](CCC(=O)O)C(=O)O)c1)c1ccc(/C=C2\SC(=S)NC2=O)cc1. The number of nitrogens with zero attached hydrogens (tertiary/aromatic N) is 1. The second-order valence-electron chi connectivity index (χ2n) is 8.81. The molecule has 0 unspecified atom stereocenters. The summed E-state index contributed by atoms with van der Waals surface area (Å²) >= 11 is 6.12. The van der Waals surface area contributed by atoms with Gasteiger partial charge in [0.15, 0.2) is 0 Å². The zero-order valence-corrected chi connectivity index (χ0v) is 23.0. The van der Waals surface area contributed by atoms with E-state index in [1.54, 1.807) is 42.5 Å². The zero-order chi connectivity index (χ0) is 30.1. The predicted molar refractivity (Wildman–Crippen MR) is 153 cm³/mol. The van der Waals surface area contributed by atoms with Crippen LogP contribution in [-0.2, 0) is 30.5 Å². The number of thiocarbonyl (C=S) groups is 1. The summed E-state index contributed by atoms with van der Waals surface area (Å²) in [6.07, 6.45) is 0.230. The van der Waals surface area contributed by atoms with Crippen LogP contribution in [0.3, 0.4) is 0 Å². The lowest BCUT2D eigenvalue weighted by molar-refractivity contribution is -0.141. The fraction of sp³-hybridized carbons (Fsp3) is 0.222. The number of rotatable bonds is 13. The van der Waals surface area contributed by atoms with Crippen LogP contribution in [0.5, 0.6) is 0 Å². The lowest BCUT2D eigenvalue weighted by Crippen LogP contribution is -2.41. The second-order valence-corrected chi connectivity index (χ2v) is 10.5. The third-order valence-corrected chi connectivity index (χ3v) is 6.94. The van der Waals surface area contributed by atoms with Crippen LogP contribution in [0.2, 0.25) is 0 Å². The number of aliphatic carboxylic acids is 3. The van der Waals surface area contributed by atoms with Crippen molar-refractivity contribution in [3.8, 4) is 0 Å². The maximum atomic E-state index is 13.0. The van der Waals surface area contributed by atoms with E-state index in [2.05, 4.69) is 10.6 Å². The lowest BCUT2D eigenvalue weighted by Gasteiger charge is -2.23. The van der Waals surface area contributed by atoms with E-state index in [9.17, 15) is 33.9 Å². The first-order valence-corrected chi connectivity index (χ1v) is 13.4. The Bertz CT molecular complexity index is 1420. The highest BCUT2D eigenvalue weighted by Crippen LogP contribution is 2.27. The zero-order valence-electron chi connectivity index (χ0n) is 21.4. The summed E-state index contributed by atoms with van der Waals surface area (Å²) in [5.41, 5.74) is 1.70. The number of carbonyl (C=O) groups is 6. The summed E-state index contributed by atoms with van der Waals surface area (Å²) < 4.78 is 0.350. The van der Waals surface area contributed by atoms with Crippen molar-refractivity contribution in [2.75, 3.05) is 4.90 Å². The molecule has 2 aromatic rings. The van der Waals surface area contributed by atoms with Crippen molar-refractivity contribution in [2.24, 2.45) is 0 Å². The van der Waals surface area contributed by atoms with Crippen molar-refractivity contribution in [1.29, 1.82) is 0 Å². The van der Waals surface area contributed by atoms with E-state index in [1.807, 2.05) is 0 Å². The van der Waals surface area contributed by atoms with Crippen molar-refractivity contribution < 1.29 is 44.1 Å². The van der Waals surface area contributed by atoms with E-state index in [1.165, 1.54) is 17.0 Å². The van der Waals surface area contributed by atoms with Gasteiger partial charge in [0.1, 0.15) is 10.4 Å². The van der Waals surface area contributed by atoms with Gasteiger partial charge in [-0.2, -0.15) is 0 Å². The maximum Gasteiger partial charge on any atom is 0.326 e. The summed E-state index contributed by atoms with van der Waals surface area (Å²) in [5, 5.41) is 32.0. The monoisotopic (exact) mass is 599 g/mol. The number of carbonyl (C=O) groups excluding carboxylic acids is 3. The van der Waals surface area contributed by atoms with Gasteiger partial charge in [0.05, 0.1) is 17.9 Å². The number of hydrogen-bond donors (Lipinski definition) is 5. The molecule has 5 N–H and O–H groups in total. The standard InChI is InChI=1S/C27H25N3O9S2/c31-21(9-11-23(34)35)30(18-6-4-15(5-7-18)13-20-25(37)29-27(40)41-20)14-16-2-1-3-17(12-16)24(36)28-19(26(38)39)8-10-22(32)33/h1-7,12-13,19H,8-11,14H2,(H,28,36)(H,32,33)(H,34,35)(H,38,39)(H,29,37,40)/b20-13-/t19-/m1/s1. The van der Waals surface area contributed by atoms with E-state index >= 15 is 0 Å². The average molecular weight is 600 g/mol. The number of carboxylic acids is 3. The van der Waals surface area contributed by atoms with E-state index in [0.717, 1.165) is 11.8 Å². The third kappa shape index (κ3) is 9.25. The number of hydrogen-bond acceptors (Lipinski definition) is 8. The Labute approximate surface area is 243 Å². The van der Waals surface area contributed by atoms with E-state index in [0.29, 0.717) is 26.0 Å². The molecular formula is C27H25N3O9S2. The molecule has 0 aliphatic carbocycles. The Hall–Kier alpha value is -4.56. The molecule has 0 radical (unpaired) electrons. The molecule has 3 rings (SSSR count). The third-order valence-electron chi connectivity index (χ3n) is 5.78. The Morgan fingerprint density at radius 3 is 2.24 bits per heavy atom. The molecule has 41 heavy (non-hydrogen) atoms. The molecule has 0 saturated carbocycles. The van der Waals surface area contributed by atoms with Crippen molar-refractivity contribution >= 4 is 75.7 Å². The topological polar surface area (TPSA) is 190 Å². The Kier molecular flexibility index (Phi) is 10.7. The quantitative estimate of drug-likeness (QED) is 0.168. The van der Waals surface area contributed by atoms with Gasteiger partial charge in [-0.1, -0.05) is 48.2 Å². The molecule has 1 aliphatic rings. The van der Waals surface area contributed by atoms with Crippen molar-refractivity contribution in [2.45, 2.75) is 38.3 Å². The van der Waals surface area contributed by atoms with Gasteiger partial charge in [0, 0.05) is 24.1 Å². The molecule has 1 heterocycles. The van der Waals surface area contributed by atoms with Crippen LogP contribution in [0.15, 0.2) is 53.4 Å². The Morgan fingerprint density at radius 2 is 1.66 bits per heavy atom. The minimum atomic E-state index is -1.41. The van der Waals surface area contributed by atoms with Crippen LogP contribution in [0.1, 0.15) is 47.2 Å². The average Bonchev–Trinajstić information content (AvgIpc) is 3.24. The van der Waals surface area contributed by atoms with Gasteiger partial charge in [0.2, 0.25) is 5.91 Å². The highest BCUT2D eigenvalue weighted by Gasteiger charge is 2.24. The molecule has 12 nitrogen and oxygen atoms in total. The molecule has 214 valence electrons. The van der Waals surface area contributed by atoms with E-state index in [4.69, 9.17) is 22.4 Å². The first kappa shape index (κ1) is 31.0.